The van der Waals surface area contributed by atoms with Gasteiger partial charge in [0.25, 0.3) is 5.91 Å². The minimum atomic E-state index is -2.03. The Hall–Kier alpha value is -4.66. The molecular formula is C32H34N2O7. The molecule has 2 amide bonds. The molecule has 0 spiro atoms. The average Bonchev–Trinajstić information content (AvgIpc) is 3.16. The van der Waals surface area contributed by atoms with Gasteiger partial charge in [-0.1, -0.05) is 66.2 Å². The van der Waals surface area contributed by atoms with Crippen molar-refractivity contribution in [2.24, 2.45) is 0 Å². The number of amides is 2. The van der Waals surface area contributed by atoms with Gasteiger partial charge in [-0.3, -0.25) is 9.59 Å². The highest BCUT2D eigenvalue weighted by molar-refractivity contribution is 6.13. The molecule has 1 aliphatic rings. The SMILES string of the molecule is COC(=O)c1cc(C)ccc1[C@@H](C(=O)OC)[C@]1(NC(=O)OC(C)(C)C)C(=O)N(Cc2ccccc2)c2ccccc21. The lowest BCUT2D eigenvalue weighted by Crippen LogP contribution is -2.59. The number of nitrogens with zero attached hydrogens (tertiary/aromatic N) is 1. The summed E-state index contributed by atoms with van der Waals surface area (Å²) in [7, 11) is 2.42. The summed E-state index contributed by atoms with van der Waals surface area (Å²) in [5.74, 6) is -3.60. The number of benzene rings is 3. The maximum absolute atomic E-state index is 14.8. The predicted molar refractivity (Wildman–Crippen MR) is 152 cm³/mol. The van der Waals surface area contributed by atoms with E-state index in [2.05, 4.69) is 5.32 Å². The van der Waals surface area contributed by atoms with Crippen molar-refractivity contribution in [3.05, 3.63) is 101 Å². The van der Waals surface area contributed by atoms with Gasteiger partial charge in [-0.2, -0.15) is 0 Å². The highest BCUT2D eigenvalue weighted by Crippen LogP contribution is 2.50. The van der Waals surface area contributed by atoms with Crippen LogP contribution in [0.5, 0.6) is 0 Å². The molecule has 0 saturated carbocycles. The fourth-order valence-electron chi connectivity index (χ4n) is 5.20. The van der Waals surface area contributed by atoms with Crippen LogP contribution in [0.25, 0.3) is 0 Å². The quantitative estimate of drug-likeness (QED) is 0.321. The molecule has 1 N–H and O–H groups in total. The summed E-state index contributed by atoms with van der Waals surface area (Å²) in [5, 5.41) is 2.78. The summed E-state index contributed by atoms with van der Waals surface area (Å²) in [6.07, 6.45) is -0.914. The molecule has 9 nitrogen and oxygen atoms in total. The zero-order chi connectivity index (χ0) is 29.9. The van der Waals surface area contributed by atoms with Crippen molar-refractivity contribution in [3.8, 4) is 0 Å². The second kappa shape index (κ2) is 11.4. The largest absolute Gasteiger partial charge is 0.468 e. The van der Waals surface area contributed by atoms with Crippen LogP contribution in [0.2, 0.25) is 0 Å². The molecule has 0 saturated heterocycles. The molecular weight excluding hydrogens is 524 g/mol. The van der Waals surface area contributed by atoms with Gasteiger partial charge in [0.15, 0.2) is 5.54 Å². The molecule has 3 aromatic carbocycles. The van der Waals surface area contributed by atoms with Crippen molar-refractivity contribution in [1.29, 1.82) is 0 Å². The van der Waals surface area contributed by atoms with Crippen LogP contribution in [0.1, 0.15) is 59.3 Å². The summed E-state index contributed by atoms with van der Waals surface area (Å²) in [6, 6.07) is 21.1. The predicted octanol–water partition coefficient (Wildman–Crippen LogP) is 5.01. The number of methoxy groups -OCH3 is 2. The highest BCUT2D eigenvalue weighted by atomic mass is 16.6. The monoisotopic (exact) mass is 558 g/mol. The number of hydrogen-bond donors (Lipinski definition) is 1. The van der Waals surface area contributed by atoms with E-state index in [4.69, 9.17) is 14.2 Å². The van der Waals surface area contributed by atoms with E-state index < -0.39 is 41.0 Å². The summed E-state index contributed by atoms with van der Waals surface area (Å²) >= 11 is 0. The van der Waals surface area contributed by atoms with Gasteiger partial charge in [0.05, 0.1) is 32.0 Å². The van der Waals surface area contributed by atoms with Crippen LogP contribution in [0, 0.1) is 6.92 Å². The van der Waals surface area contributed by atoms with Crippen molar-refractivity contribution < 1.29 is 33.4 Å². The molecule has 9 heteroatoms. The Kier molecular flexibility index (Phi) is 8.19. The second-order valence-electron chi connectivity index (χ2n) is 10.9. The molecule has 0 aliphatic carbocycles. The number of hydrogen-bond acceptors (Lipinski definition) is 7. The van der Waals surface area contributed by atoms with E-state index in [1.54, 1.807) is 70.2 Å². The minimum Gasteiger partial charge on any atom is -0.468 e. The molecule has 3 aromatic rings. The Morgan fingerprint density at radius 3 is 2.22 bits per heavy atom. The van der Waals surface area contributed by atoms with Crippen molar-refractivity contribution in [2.45, 2.75) is 51.3 Å². The van der Waals surface area contributed by atoms with Crippen LogP contribution in [0.15, 0.2) is 72.8 Å². The number of nitrogens with one attached hydrogen (secondary N) is 1. The Labute approximate surface area is 239 Å². The van der Waals surface area contributed by atoms with E-state index >= 15 is 0 Å². The molecule has 0 radical (unpaired) electrons. The van der Waals surface area contributed by atoms with Crippen molar-refractivity contribution >= 4 is 29.6 Å². The highest BCUT2D eigenvalue weighted by Gasteiger charge is 2.61. The Morgan fingerprint density at radius 2 is 1.59 bits per heavy atom. The maximum Gasteiger partial charge on any atom is 0.408 e. The number of fused-ring (bicyclic) bond motifs is 1. The second-order valence-corrected chi connectivity index (χ2v) is 10.9. The Balaban J connectivity index is 2.03. The van der Waals surface area contributed by atoms with Gasteiger partial charge in [0.1, 0.15) is 11.5 Å². The summed E-state index contributed by atoms with van der Waals surface area (Å²) in [6.45, 7) is 7.03. The zero-order valence-corrected chi connectivity index (χ0v) is 24.0. The van der Waals surface area contributed by atoms with Crippen LogP contribution in [0.3, 0.4) is 0 Å². The van der Waals surface area contributed by atoms with Gasteiger partial charge in [-0.25, -0.2) is 9.59 Å². The maximum atomic E-state index is 14.8. The molecule has 0 aromatic heterocycles. The molecule has 0 fully saturated rings. The number of carbonyl (C=O) groups is 4. The fraction of sp³-hybridized carbons (Fsp3) is 0.312. The average molecular weight is 559 g/mol. The molecule has 1 aliphatic heterocycles. The number of alkyl carbamates (subject to hydrolysis) is 1. The molecule has 1 heterocycles. The van der Waals surface area contributed by atoms with E-state index in [9.17, 15) is 19.2 Å². The molecule has 2 atom stereocenters. The van der Waals surface area contributed by atoms with E-state index in [1.165, 1.54) is 19.1 Å². The van der Waals surface area contributed by atoms with Gasteiger partial charge in [0.2, 0.25) is 0 Å². The van der Waals surface area contributed by atoms with Crippen LogP contribution in [-0.4, -0.2) is 43.8 Å². The molecule has 0 unspecified atom stereocenters. The van der Waals surface area contributed by atoms with E-state index in [0.29, 0.717) is 11.3 Å². The van der Waals surface area contributed by atoms with Crippen LogP contribution >= 0.6 is 0 Å². The summed E-state index contributed by atoms with van der Waals surface area (Å²) < 4.78 is 15.9. The van der Waals surface area contributed by atoms with Crippen LogP contribution < -0.4 is 10.2 Å². The van der Waals surface area contributed by atoms with Crippen molar-refractivity contribution in [3.63, 3.8) is 0 Å². The molecule has 4 rings (SSSR count). The number of para-hydroxylation sites is 1. The number of aryl methyl sites for hydroxylation is 1. The molecule has 214 valence electrons. The van der Waals surface area contributed by atoms with Crippen LogP contribution in [-0.2, 0) is 35.9 Å². The first-order valence-electron chi connectivity index (χ1n) is 13.2. The van der Waals surface area contributed by atoms with E-state index in [-0.39, 0.29) is 17.7 Å². The third-order valence-electron chi connectivity index (χ3n) is 6.88. The lowest BCUT2D eigenvalue weighted by atomic mass is 9.73. The smallest absolute Gasteiger partial charge is 0.408 e. The first kappa shape index (κ1) is 29.3. The van der Waals surface area contributed by atoms with Gasteiger partial charge in [0, 0.05) is 5.56 Å². The number of carbonyl (C=O) groups excluding carboxylic acids is 4. The van der Waals surface area contributed by atoms with Crippen molar-refractivity contribution in [1.82, 2.24) is 5.32 Å². The standard InChI is InChI=1S/C32H34N2O7/c1-20-16-17-22(23(18-20)27(35)39-5)26(28(36)40-6)32(33-30(38)41-31(2,3)4)24-14-10-11-15-25(24)34(29(32)37)19-21-12-8-7-9-13-21/h7-18,26H,19H2,1-6H3,(H,33,38)/t26-,32-/m0/s1. The third-order valence-corrected chi connectivity index (χ3v) is 6.88. The van der Waals surface area contributed by atoms with Crippen LogP contribution in [0.4, 0.5) is 10.5 Å². The van der Waals surface area contributed by atoms with Gasteiger partial charge in [-0.05, 0) is 51.0 Å². The topological polar surface area (TPSA) is 111 Å². The summed E-state index contributed by atoms with van der Waals surface area (Å²) in [4.78, 5) is 56.5. The fourth-order valence-corrected chi connectivity index (χ4v) is 5.20. The number of anilines is 1. The van der Waals surface area contributed by atoms with Crippen molar-refractivity contribution in [2.75, 3.05) is 19.1 Å². The Morgan fingerprint density at radius 1 is 0.927 bits per heavy atom. The number of rotatable bonds is 7. The lowest BCUT2D eigenvalue weighted by Gasteiger charge is -2.37. The van der Waals surface area contributed by atoms with E-state index in [1.807, 2.05) is 30.3 Å². The zero-order valence-electron chi connectivity index (χ0n) is 24.0. The number of ether oxygens (including phenoxy) is 3. The molecule has 0 bridgehead atoms. The molecule has 41 heavy (non-hydrogen) atoms. The van der Waals surface area contributed by atoms with E-state index in [0.717, 1.165) is 11.1 Å². The number of esters is 2. The third kappa shape index (κ3) is 5.66. The lowest BCUT2D eigenvalue weighted by molar-refractivity contribution is -0.147. The first-order chi connectivity index (χ1) is 19.4. The normalized spacial score (nSPS) is 16.9. The first-order valence-corrected chi connectivity index (χ1v) is 13.2. The minimum absolute atomic E-state index is 0.0695. The summed E-state index contributed by atoms with van der Waals surface area (Å²) in [5.41, 5.74) is -0.275. The van der Waals surface area contributed by atoms with Gasteiger partial charge < -0.3 is 24.4 Å². The van der Waals surface area contributed by atoms with Gasteiger partial charge >= 0.3 is 18.0 Å². The Bertz CT molecular complexity index is 1480. The van der Waals surface area contributed by atoms with Gasteiger partial charge in [-0.15, -0.1) is 0 Å².